The van der Waals surface area contributed by atoms with Crippen LogP contribution in [0, 0.1) is 0 Å². The van der Waals surface area contributed by atoms with Crippen molar-refractivity contribution in [3.8, 4) is 0 Å². The lowest BCUT2D eigenvalue weighted by molar-refractivity contribution is -0.116. The summed E-state index contributed by atoms with van der Waals surface area (Å²) in [4.78, 5) is 19.8. The van der Waals surface area contributed by atoms with Crippen LogP contribution in [0.4, 0.5) is 11.4 Å². The van der Waals surface area contributed by atoms with Crippen LogP contribution in [0.3, 0.4) is 0 Å². The lowest BCUT2D eigenvalue weighted by atomic mass is 10.1. The van der Waals surface area contributed by atoms with E-state index in [2.05, 4.69) is 70.1 Å². The third-order valence-corrected chi connectivity index (χ3v) is 6.86. The van der Waals surface area contributed by atoms with Crippen molar-refractivity contribution in [1.29, 1.82) is 0 Å². The number of anilines is 2. The van der Waals surface area contributed by atoms with Crippen LogP contribution in [-0.4, -0.2) is 42.0 Å². The van der Waals surface area contributed by atoms with Crippen LogP contribution >= 0.6 is 0 Å². The summed E-state index contributed by atoms with van der Waals surface area (Å²) in [6.45, 7) is 3.97. The summed E-state index contributed by atoms with van der Waals surface area (Å²) in [5.74, 6) is 0.0637. The maximum atomic E-state index is 12.5. The maximum Gasteiger partial charge on any atom is 0.225 e. The van der Waals surface area contributed by atoms with Crippen molar-refractivity contribution >= 4 is 39.1 Å². The van der Waals surface area contributed by atoms with Gasteiger partial charge < -0.3 is 15.5 Å². The third kappa shape index (κ3) is 5.98. The van der Waals surface area contributed by atoms with Gasteiger partial charge in [0, 0.05) is 36.0 Å². The first-order valence-corrected chi connectivity index (χ1v) is 12.9. The molecule has 1 aliphatic heterocycles. The standard InChI is InChI=1S/C30H34N4O/c35-29(17-21-34-19-8-9-20-34)32-24-15-16-26-28(22-24)33-27-14-5-4-13-25(27)30(26)31-18-7-6-12-23-10-2-1-3-11-23/h1-5,10-11,13-16,22H,6-9,12,17-21H2,(H,31,33)(H,32,35). The Morgan fingerprint density at radius 3 is 2.49 bits per heavy atom. The van der Waals surface area contributed by atoms with Crippen LogP contribution in [0.2, 0.25) is 0 Å². The number of nitrogens with one attached hydrogen (secondary N) is 2. The summed E-state index contributed by atoms with van der Waals surface area (Å²) in [5, 5.41) is 8.99. The molecule has 35 heavy (non-hydrogen) atoms. The van der Waals surface area contributed by atoms with Crippen molar-refractivity contribution < 1.29 is 4.79 Å². The summed E-state index contributed by atoms with van der Waals surface area (Å²) in [6, 6.07) is 25.0. The number of para-hydroxylation sites is 1. The fraction of sp³-hybridized carbons (Fsp3) is 0.333. The van der Waals surface area contributed by atoms with Gasteiger partial charge in [-0.05, 0) is 75.0 Å². The van der Waals surface area contributed by atoms with E-state index in [9.17, 15) is 4.79 Å². The minimum atomic E-state index is 0.0637. The number of nitrogens with zero attached hydrogens (tertiary/aromatic N) is 2. The number of amides is 1. The summed E-state index contributed by atoms with van der Waals surface area (Å²) < 4.78 is 0. The summed E-state index contributed by atoms with van der Waals surface area (Å²) in [5.41, 5.74) is 5.18. The Morgan fingerprint density at radius 1 is 0.857 bits per heavy atom. The van der Waals surface area contributed by atoms with Crippen LogP contribution in [0.5, 0.6) is 0 Å². The maximum absolute atomic E-state index is 12.5. The molecule has 5 heteroatoms. The zero-order valence-corrected chi connectivity index (χ0v) is 20.3. The van der Waals surface area contributed by atoms with Crippen LogP contribution in [0.15, 0.2) is 72.8 Å². The number of hydrogen-bond acceptors (Lipinski definition) is 4. The number of aryl methyl sites for hydroxylation is 1. The summed E-state index contributed by atoms with van der Waals surface area (Å²) in [7, 11) is 0. The molecule has 4 aromatic rings. The van der Waals surface area contributed by atoms with E-state index in [1.54, 1.807) is 0 Å². The van der Waals surface area contributed by atoms with Gasteiger partial charge in [0.1, 0.15) is 0 Å². The van der Waals surface area contributed by atoms with Gasteiger partial charge in [0.15, 0.2) is 0 Å². The van der Waals surface area contributed by atoms with E-state index in [0.717, 1.165) is 78.6 Å². The number of carbonyl (C=O) groups excluding carboxylic acids is 1. The molecule has 0 radical (unpaired) electrons. The molecule has 0 bridgehead atoms. The summed E-state index contributed by atoms with van der Waals surface area (Å²) >= 11 is 0. The Labute approximate surface area is 207 Å². The molecule has 1 aliphatic rings. The second kappa shape index (κ2) is 11.3. The molecule has 3 aromatic carbocycles. The quantitative estimate of drug-likeness (QED) is 0.214. The monoisotopic (exact) mass is 466 g/mol. The average molecular weight is 467 g/mol. The minimum Gasteiger partial charge on any atom is -0.384 e. The first kappa shape index (κ1) is 23.3. The molecular formula is C30H34N4O. The molecule has 1 saturated heterocycles. The van der Waals surface area contributed by atoms with Crippen LogP contribution < -0.4 is 10.6 Å². The highest BCUT2D eigenvalue weighted by molar-refractivity contribution is 6.08. The largest absolute Gasteiger partial charge is 0.384 e. The average Bonchev–Trinajstić information content (AvgIpc) is 3.41. The Morgan fingerprint density at radius 2 is 1.63 bits per heavy atom. The van der Waals surface area contributed by atoms with Crippen LogP contribution in [0.1, 0.15) is 37.7 Å². The molecule has 1 amide bonds. The van der Waals surface area contributed by atoms with E-state index in [1.807, 2.05) is 18.2 Å². The molecule has 2 heterocycles. The molecule has 0 spiro atoms. The second-order valence-corrected chi connectivity index (χ2v) is 9.45. The molecule has 5 nitrogen and oxygen atoms in total. The van der Waals surface area contributed by atoms with E-state index >= 15 is 0 Å². The normalized spacial score (nSPS) is 13.9. The first-order valence-electron chi connectivity index (χ1n) is 12.9. The van der Waals surface area contributed by atoms with E-state index in [1.165, 1.54) is 18.4 Å². The van der Waals surface area contributed by atoms with E-state index < -0.39 is 0 Å². The lowest BCUT2D eigenvalue weighted by Crippen LogP contribution is -2.25. The smallest absolute Gasteiger partial charge is 0.225 e. The molecule has 1 fully saturated rings. The second-order valence-electron chi connectivity index (χ2n) is 9.45. The highest BCUT2D eigenvalue weighted by Gasteiger charge is 2.14. The number of likely N-dealkylation sites (tertiary alicyclic amines) is 1. The molecule has 0 aliphatic carbocycles. The van der Waals surface area contributed by atoms with E-state index in [4.69, 9.17) is 4.98 Å². The number of aromatic nitrogens is 1. The molecular weight excluding hydrogens is 432 g/mol. The van der Waals surface area contributed by atoms with Gasteiger partial charge in [0.05, 0.1) is 16.7 Å². The molecule has 2 N–H and O–H groups in total. The molecule has 180 valence electrons. The van der Waals surface area contributed by atoms with Crippen molar-refractivity contribution in [3.05, 3.63) is 78.4 Å². The third-order valence-electron chi connectivity index (χ3n) is 6.86. The zero-order valence-electron chi connectivity index (χ0n) is 20.3. The minimum absolute atomic E-state index is 0.0637. The van der Waals surface area contributed by atoms with Gasteiger partial charge in [-0.25, -0.2) is 4.98 Å². The highest BCUT2D eigenvalue weighted by Crippen LogP contribution is 2.32. The van der Waals surface area contributed by atoms with Crippen LogP contribution in [0.25, 0.3) is 21.8 Å². The number of unbranched alkanes of at least 4 members (excludes halogenated alkanes) is 1. The van der Waals surface area contributed by atoms with Gasteiger partial charge in [0.25, 0.3) is 0 Å². The van der Waals surface area contributed by atoms with Crippen molar-refractivity contribution in [2.24, 2.45) is 0 Å². The van der Waals surface area contributed by atoms with Gasteiger partial charge in [-0.1, -0.05) is 48.5 Å². The molecule has 5 rings (SSSR count). The van der Waals surface area contributed by atoms with Crippen molar-refractivity contribution in [1.82, 2.24) is 9.88 Å². The molecule has 1 aromatic heterocycles. The van der Waals surface area contributed by atoms with Gasteiger partial charge in [-0.15, -0.1) is 0 Å². The predicted octanol–water partition coefficient (Wildman–Crippen LogP) is 6.25. The number of rotatable bonds is 10. The fourth-order valence-electron chi connectivity index (χ4n) is 4.96. The van der Waals surface area contributed by atoms with Gasteiger partial charge in [-0.2, -0.15) is 0 Å². The van der Waals surface area contributed by atoms with Crippen molar-refractivity contribution in [3.63, 3.8) is 0 Å². The Balaban J connectivity index is 1.27. The Kier molecular flexibility index (Phi) is 7.54. The van der Waals surface area contributed by atoms with E-state index in [0.29, 0.717) is 6.42 Å². The number of benzene rings is 3. The lowest BCUT2D eigenvalue weighted by Gasteiger charge is -2.15. The SMILES string of the molecule is O=C(CCN1CCCC1)Nc1ccc2c(NCCCCc3ccccc3)c3ccccc3nc2c1. The predicted molar refractivity (Wildman–Crippen MR) is 146 cm³/mol. The van der Waals surface area contributed by atoms with Crippen LogP contribution in [-0.2, 0) is 11.2 Å². The molecule has 0 unspecified atom stereocenters. The highest BCUT2D eigenvalue weighted by atomic mass is 16.1. The number of carbonyl (C=O) groups is 1. The molecule has 0 saturated carbocycles. The van der Waals surface area contributed by atoms with E-state index in [-0.39, 0.29) is 5.91 Å². The number of hydrogen-bond donors (Lipinski definition) is 2. The molecule has 0 atom stereocenters. The number of fused-ring (bicyclic) bond motifs is 2. The Hall–Kier alpha value is -3.44. The van der Waals surface area contributed by atoms with Gasteiger partial charge in [0.2, 0.25) is 5.91 Å². The van der Waals surface area contributed by atoms with Gasteiger partial charge in [-0.3, -0.25) is 4.79 Å². The first-order chi connectivity index (χ1) is 17.3. The topological polar surface area (TPSA) is 57.3 Å². The Bertz CT molecular complexity index is 1280. The van der Waals surface area contributed by atoms with Gasteiger partial charge >= 0.3 is 0 Å². The fourth-order valence-corrected chi connectivity index (χ4v) is 4.96. The summed E-state index contributed by atoms with van der Waals surface area (Å²) in [6.07, 6.45) is 6.36. The van der Waals surface area contributed by atoms with Crippen molar-refractivity contribution in [2.45, 2.75) is 38.5 Å². The van der Waals surface area contributed by atoms with Crippen molar-refractivity contribution in [2.75, 3.05) is 36.8 Å². The number of pyridine rings is 1. The zero-order chi connectivity index (χ0) is 23.9.